The van der Waals surface area contributed by atoms with E-state index in [4.69, 9.17) is 19.8 Å². The van der Waals surface area contributed by atoms with E-state index >= 15 is 0 Å². The Morgan fingerprint density at radius 3 is 1.45 bits per heavy atom. The number of nitrogens with zero attached hydrogens (tertiary/aromatic N) is 16. The van der Waals surface area contributed by atoms with Crippen LogP contribution in [0.4, 0.5) is 11.4 Å². The van der Waals surface area contributed by atoms with Gasteiger partial charge < -0.3 is 54.5 Å². The maximum Gasteiger partial charge on any atom is 0.298 e. The highest BCUT2D eigenvalue weighted by Gasteiger charge is 2.19. The fourth-order valence-corrected chi connectivity index (χ4v) is 13.3. The molecule has 1 fully saturated rings. The van der Waals surface area contributed by atoms with Crippen molar-refractivity contribution in [1.29, 1.82) is 0 Å². The van der Waals surface area contributed by atoms with Crippen LogP contribution >= 0.6 is 0 Å². The zero-order valence-electron chi connectivity index (χ0n) is 63.6. The van der Waals surface area contributed by atoms with Gasteiger partial charge in [0.1, 0.15) is 39.9 Å². The minimum Gasteiger partial charge on any atom is -0.429 e. The third-order valence-electron chi connectivity index (χ3n) is 19.0. The highest BCUT2D eigenvalue weighted by Crippen LogP contribution is 2.33. The van der Waals surface area contributed by atoms with Gasteiger partial charge in [-0.05, 0) is 214 Å². The first-order valence-corrected chi connectivity index (χ1v) is 37.6. The minimum absolute atomic E-state index is 0.0348. The van der Waals surface area contributed by atoms with Crippen molar-refractivity contribution < 1.29 is 19.4 Å². The molecule has 0 saturated carbocycles. The number of aliphatic hydroxyl groups excluding tert-OH is 1. The molecule has 14 aromatic heterocycles. The second-order valence-electron chi connectivity index (χ2n) is 27.2. The molecule has 0 radical (unpaired) electrons. The molecule has 0 spiro atoms. The lowest BCUT2D eigenvalue weighted by Crippen LogP contribution is -2.18. The first-order valence-electron chi connectivity index (χ1n) is 37.6. The standard InChI is InChI=1S/C18H14N4.C17H18N4.C15H11N5.C14H13N3O.C13H10N4O.C13H9N3O2/c1-12-9-14(13-5-4-7-19-11-13)17-16(10-12)21-18(22-17)15-6-2-3-8-20-15;1-12-10-14-15(11-16(12)21-8-4-5-9-21)20-17(19-14)13-6-2-3-7-18-13;1-2-6-17-13(3-1)15-18-12-5-4-11(9-14(12)19-15)20-8-7-16-10-20;1-9-2-4-12(15-7-9)14-16-11-5-3-10(8-18)6-13(11)17-14;18-8-15-9-4-5-10-12(7-9)17-13(16-10)11-3-1-2-6-14-11;17-8-18-9-4-5-10-12(7-9)16-13(15-10)11-3-1-2-6-14-11/h2-11H,1H3,(H,21,22);2-3,6-7,10-11H,4-5,8-9H2,1H3,(H,19,20);1-10H,(H,18,19);2-7,18H,8H2,1H3,(H,16,17);1-8H,(H,15,18)(H,16,17);1-8H,(H,15,16). The molecule has 0 aliphatic carbocycles. The van der Waals surface area contributed by atoms with E-state index in [1.807, 2.05) is 182 Å². The van der Waals surface area contributed by atoms with Gasteiger partial charge in [0.25, 0.3) is 6.47 Å². The number of imidazole rings is 7. The molecule has 0 bridgehead atoms. The average molecular weight is 1540 g/mol. The number of ether oxygens (including phenoxy) is 1. The maximum atomic E-state index is 10.4. The quantitative estimate of drug-likeness (QED) is 0.0469. The first kappa shape index (κ1) is 75.2. The largest absolute Gasteiger partial charge is 0.429 e. The Morgan fingerprint density at radius 1 is 0.427 bits per heavy atom. The van der Waals surface area contributed by atoms with Crippen LogP contribution in [0.15, 0.2) is 281 Å². The fourth-order valence-electron chi connectivity index (χ4n) is 13.3. The topological polar surface area (TPSA) is 359 Å². The Morgan fingerprint density at radius 2 is 0.940 bits per heavy atom. The fraction of sp³-hybridized carbons (Fsp3) is 0.0889. The van der Waals surface area contributed by atoms with E-state index in [1.54, 1.807) is 74.0 Å². The number of nitrogens with one attached hydrogen (secondary N) is 7. The Kier molecular flexibility index (Phi) is 22.6. The molecule has 0 unspecified atom stereocenters. The lowest BCUT2D eigenvalue weighted by molar-refractivity contribution is -0.120. The number of hydrogen-bond acceptors (Lipinski definition) is 19. The predicted octanol–water partition coefficient (Wildman–Crippen LogP) is 17.1. The number of H-pyrrole nitrogens is 6. The van der Waals surface area contributed by atoms with Crippen molar-refractivity contribution in [1.82, 2.24) is 104 Å². The van der Waals surface area contributed by atoms with Gasteiger partial charge in [0.05, 0.1) is 79.1 Å². The molecular formula is C90H75N23O4. The van der Waals surface area contributed by atoms with Crippen molar-refractivity contribution in [3.63, 3.8) is 0 Å². The van der Waals surface area contributed by atoms with E-state index in [0.717, 1.165) is 170 Å². The minimum atomic E-state index is 0.0348. The van der Waals surface area contributed by atoms with Gasteiger partial charge in [-0.25, -0.2) is 34.9 Å². The number of carbonyl (C=O) groups excluding carboxylic acids is 2. The van der Waals surface area contributed by atoms with Crippen LogP contribution in [0.25, 0.3) is 152 Å². The van der Waals surface area contributed by atoms with E-state index in [2.05, 4.69) is 150 Å². The van der Waals surface area contributed by atoms with Crippen molar-refractivity contribution in [2.75, 3.05) is 23.3 Å². The van der Waals surface area contributed by atoms with Gasteiger partial charge >= 0.3 is 0 Å². The van der Waals surface area contributed by atoms with Crippen LogP contribution in [0.5, 0.6) is 5.75 Å². The average Bonchev–Trinajstić information content (AvgIpc) is 1.64. The lowest BCUT2D eigenvalue weighted by Gasteiger charge is -2.19. The molecular weight excluding hydrogens is 1470 g/mol. The summed E-state index contributed by atoms with van der Waals surface area (Å²) in [6, 6.07) is 67.8. The van der Waals surface area contributed by atoms with Crippen molar-refractivity contribution in [3.05, 3.63) is 303 Å². The number of amides is 1. The summed E-state index contributed by atoms with van der Waals surface area (Å²) in [6.07, 6.45) is 22.9. The van der Waals surface area contributed by atoms with Crippen molar-refractivity contribution in [2.24, 2.45) is 0 Å². The molecule has 27 heteroatoms. The zero-order chi connectivity index (χ0) is 79.8. The number of fused-ring (bicyclic) bond motifs is 6. The number of aryl methyl sites for hydroxylation is 3. The normalized spacial score (nSPS) is 11.5. The highest BCUT2D eigenvalue weighted by atomic mass is 16.5. The molecule has 0 atom stereocenters. The van der Waals surface area contributed by atoms with Crippen LogP contribution in [0.3, 0.4) is 0 Å². The molecule has 117 heavy (non-hydrogen) atoms. The molecule has 1 aliphatic heterocycles. The summed E-state index contributed by atoms with van der Waals surface area (Å²) in [5, 5.41) is 11.7. The predicted molar refractivity (Wildman–Crippen MR) is 454 cm³/mol. The van der Waals surface area contributed by atoms with E-state index in [0.29, 0.717) is 30.3 Å². The summed E-state index contributed by atoms with van der Waals surface area (Å²) in [4.78, 5) is 104. The van der Waals surface area contributed by atoms with E-state index < -0.39 is 0 Å². The Hall–Kier alpha value is -15.9. The Bertz CT molecular complexity index is 6590. The number of pyridine rings is 7. The highest BCUT2D eigenvalue weighted by molar-refractivity contribution is 5.94. The third kappa shape index (κ3) is 17.9. The molecule has 1 amide bonds. The monoisotopic (exact) mass is 1540 g/mol. The van der Waals surface area contributed by atoms with Gasteiger partial charge in [0, 0.05) is 109 Å². The molecule has 1 saturated heterocycles. The van der Waals surface area contributed by atoms with E-state index in [9.17, 15) is 9.59 Å². The number of anilines is 2. The molecule has 574 valence electrons. The number of aromatic nitrogens is 21. The number of aliphatic hydroxyl groups is 1. The smallest absolute Gasteiger partial charge is 0.298 e. The van der Waals surface area contributed by atoms with Gasteiger partial charge in [-0.2, -0.15) is 0 Å². The van der Waals surface area contributed by atoms with Gasteiger partial charge in [-0.3, -0.25) is 44.5 Å². The van der Waals surface area contributed by atoms with Gasteiger partial charge in [-0.15, -0.1) is 0 Å². The summed E-state index contributed by atoms with van der Waals surface area (Å²) in [7, 11) is 0. The molecule has 1 aliphatic rings. The van der Waals surface area contributed by atoms with E-state index in [-0.39, 0.29) is 6.61 Å². The van der Waals surface area contributed by atoms with Gasteiger partial charge in [0.2, 0.25) is 6.41 Å². The van der Waals surface area contributed by atoms with Gasteiger partial charge in [-0.1, -0.05) is 48.5 Å². The molecule has 27 nitrogen and oxygen atoms in total. The lowest BCUT2D eigenvalue weighted by atomic mass is 10.0. The number of rotatable bonds is 14. The van der Waals surface area contributed by atoms with Crippen LogP contribution in [0.1, 0.15) is 35.1 Å². The molecule has 21 rings (SSSR count). The number of carbonyl (C=O) groups is 2. The van der Waals surface area contributed by atoms with Crippen molar-refractivity contribution in [2.45, 2.75) is 40.2 Å². The second kappa shape index (κ2) is 35.2. The third-order valence-corrected chi connectivity index (χ3v) is 19.0. The van der Waals surface area contributed by atoms with Crippen LogP contribution < -0.4 is 15.0 Å². The van der Waals surface area contributed by atoms with Crippen molar-refractivity contribution >= 4 is 90.5 Å². The number of aromatic amines is 6. The summed E-state index contributed by atoms with van der Waals surface area (Å²) in [5.74, 6) is 5.04. The van der Waals surface area contributed by atoms with Crippen LogP contribution in [0, 0.1) is 20.8 Å². The Balaban J connectivity index is 0.000000105. The first-order chi connectivity index (χ1) is 57.5. The maximum absolute atomic E-state index is 10.4. The molecule has 6 aromatic carbocycles. The SMILES string of the molecule is Cc1cc(-c2cccnc2)c2nc(-c3ccccn3)[nH]c2c1.Cc1cc2[nH]c(-c3ccccn3)nc2cc1N1CCCC1.Cc1ccc(-c2nc3ccc(CO)cc3[nH]2)nc1.O=CNc1ccc2nc(-c3ccccn3)[nH]c2c1.O=COc1ccc2nc(-c3ccccn3)[nH]c2c1.c1ccc(-c2nc3ccc(-n4ccnc4)cc3[nH]2)nc1. The number of hydrogen-bond donors (Lipinski definition) is 8. The molecule has 8 N–H and O–H groups in total. The summed E-state index contributed by atoms with van der Waals surface area (Å²) < 4.78 is 6.74. The zero-order valence-corrected chi connectivity index (χ0v) is 63.6. The molecule has 15 heterocycles. The summed E-state index contributed by atoms with van der Waals surface area (Å²) >= 11 is 0. The van der Waals surface area contributed by atoms with E-state index in [1.165, 1.54) is 29.7 Å². The second-order valence-corrected chi connectivity index (χ2v) is 27.2. The van der Waals surface area contributed by atoms with Crippen LogP contribution in [-0.4, -0.2) is 135 Å². The number of benzene rings is 6. The van der Waals surface area contributed by atoms with Gasteiger partial charge in [0.15, 0.2) is 34.9 Å². The summed E-state index contributed by atoms with van der Waals surface area (Å²) in [5.41, 5.74) is 25.7. The van der Waals surface area contributed by atoms with Crippen molar-refractivity contribution in [3.8, 4) is 91.7 Å². The van der Waals surface area contributed by atoms with Crippen LogP contribution in [-0.2, 0) is 16.2 Å². The van der Waals surface area contributed by atoms with Crippen LogP contribution in [0.2, 0.25) is 0 Å². The Labute approximate surface area is 668 Å². The molecule has 20 aromatic rings. The summed E-state index contributed by atoms with van der Waals surface area (Å²) in [6.45, 7) is 9.01.